The predicted molar refractivity (Wildman–Crippen MR) is 81.0 cm³/mol. The molecule has 0 saturated carbocycles. The van der Waals surface area contributed by atoms with Gasteiger partial charge in [0.1, 0.15) is 5.01 Å². The second-order valence-electron chi connectivity index (χ2n) is 5.72. The van der Waals surface area contributed by atoms with E-state index in [1.807, 2.05) is 5.38 Å². The Kier molecular flexibility index (Phi) is 4.30. The van der Waals surface area contributed by atoms with Crippen LogP contribution in [0.4, 0.5) is 0 Å². The number of carbonyl (C=O) groups is 1. The monoisotopic (exact) mass is 289 g/mol. The SMILES string of the molecule is CC(C)(C)c1csc(CC(=O)c2ccnc(CN)c2)n1. The second kappa shape index (κ2) is 5.81. The summed E-state index contributed by atoms with van der Waals surface area (Å²) in [7, 11) is 0. The van der Waals surface area contributed by atoms with Gasteiger partial charge in [0.2, 0.25) is 0 Å². The number of hydrogen-bond donors (Lipinski definition) is 1. The van der Waals surface area contributed by atoms with Crippen LogP contribution in [0, 0.1) is 0 Å². The quantitative estimate of drug-likeness (QED) is 0.879. The summed E-state index contributed by atoms with van der Waals surface area (Å²) in [5.41, 5.74) is 7.96. The Labute approximate surface area is 123 Å². The molecule has 0 atom stereocenters. The molecular weight excluding hydrogens is 270 g/mol. The molecule has 2 aromatic heterocycles. The average Bonchev–Trinajstić information content (AvgIpc) is 2.87. The molecule has 20 heavy (non-hydrogen) atoms. The summed E-state index contributed by atoms with van der Waals surface area (Å²) in [4.78, 5) is 20.9. The number of ketones is 1. The van der Waals surface area contributed by atoms with Gasteiger partial charge in [-0.05, 0) is 12.1 Å². The maximum absolute atomic E-state index is 12.2. The topological polar surface area (TPSA) is 68.9 Å². The molecule has 0 fully saturated rings. The molecule has 0 aliphatic rings. The summed E-state index contributed by atoms with van der Waals surface area (Å²) in [6.07, 6.45) is 1.95. The first-order chi connectivity index (χ1) is 9.40. The van der Waals surface area contributed by atoms with Crippen LogP contribution in [0.3, 0.4) is 0 Å². The Morgan fingerprint density at radius 1 is 1.40 bits per heavy atom. The Balaban J connectivity index is 2.13. The highest BCUT2D eigenvalue weighted by Gasteiger charge is 2.18. The number of nitrogens with two attached hydrogens (primary N) is 1. The van der Waals surface area contributed by atoms with Gasteiger partial charge < -0.3 is 5.73 Å². The number of aromatic nitrogens is 2. The molecule has 4 nitrogen and oxygen atoms in total. The number of pyridine rings is 1. The van der Waals surface area contributed by atoms with Gasteiger partial charge in [0.15, 0.2) is 5.78 Å². The normalized spacial score (nSPS) is 11.6. The van der Waals surface area contributed by atoms with Crippen molar-refractivity contribution in [3.63, 3.8) is 0 Å². The van der Waals surface area contributed by atoms with Crippen molar-refractivity contribution in [1.82, 2.24) is 9.97 Å². The molecule has 5 heteroatoms. The first-order valence-electron chi connectivity index (χ1n) is 6.53. The van der Waals surface area contributed by atoms with Crippen LogP contribution < -0.4 is 5.73 Å². The van der Waals surface area contributed by atoms with E-state index in [2.05, 4.69) is 30.7 Å². The van der Waals surface area contributed by atoms with E-state index in [1.54, 1.807) is 18.3 Å². The van der Waals surface area contributed by atoms with E-state index >= 15 is 0 Å². The number of Topliss-reactive ketones (excluding diaryl/α,β-unsaturated/α-hetero) is 1. The number of thiazole rings is 1. The number of nitrogens with zero attached hydrogens (tertiary/aromatic N) is 2. The lowest BCUT2D eigenvalue weighted by Gasteiger charge is -2.14. The highest BCUT2D eigenvalue weighted by atomic mass is 32.1. The fourth-order valence-electron chi connectivity index (χ4n) is 1.74. The van der Waals surface area contributed by atoms with Crippen molar-refractivity contribution in [2.24, 2.45) is 5.73 Å². The minimum absolute atomic E-state index is 0.0151. The molecule has 2 rings (SSSR count). The van der Waals surface area contributed by atoms with E-state index in [0.29, 0.717) is 18.5 Å². The van der Waals surface area contributed by atoms with Crippen LogP contribution in [-0.4, -0.2) is 15.8 Å². The maximum Gasteiger partial charge on any atom is 0.169 e. The lowest BCUT2D eigenvalue weighted by molar-refractivity contribution is 0.0992. The summed E-state index contributed by atoms with van der Waals surface area (Å²) in [6, 6.07) is 3.47. The molecule has 2 aromatic rings. The van der Waals surface area contributed by atoms with E-state index in [0.717, 1.165) is 16.4 Å². The van der Waals surface area contributed by atoms with Crippen LogP contribution in [-0.2, 0) is 18.4 Å². The molecule has 0 aliphatic heterocycles. The minimum atomic E-state index is 0.0151. The lowest BCUT2D eigenvalue weighted by atomic mass is 9.93. The van der Waals surface area contributed by atoms with Crippen molar-refractivity contribution >= 4 is 17.1 Å². The third kappa shape index (κ3) is 3.49. The highest BCUT2D eigenvalue weighted by Crippen LogP contribution is 2.24. The van der Waals surface area contributed by atoms with E-state index in [4.69, 9.17) is 5.73 Å². The fraction of sp³-hybridized carbons (Fsp3) is 0.400. The lowest BCUT2D eigenvalue weighted by Crippen LogP contribution is -2.12. The smallest absolute Gasteiger partial charge is 0.169 e. The molecule has 0 spiro atoms. The standard InChI is InChI=1S/C15H19N3OS/c1-15(2,3)13-9-20-14(18-13)7-12(19)10-4-5-17-11(6-10)8-16/h4-6,9H,7-8,16H2,1-3H3. The van der Waals surface area contributed by atoms with Crippen molar-refractivity contribution < 1.29 is 4.79 Å². The van der Waals surface area contributed by atoms with E-state index in [1.165, 1.54) is 11.3 Å². The second-order valence-corrected chi connectivity index (χ2v) is 6.66. The number of hydrogen-bond acceptors (Lipinski definition) is 5. The molecule has 0 radical (unpaired) electrons. The third-order valence-electron chi connectivity index (χ3n) is 2.98. The Bertz CT molecular complexity index is 614. The molecule has 0 aromatic carbocycles. The minimum Gasteiger partial charge on any atom is -0.325 e. The zero-order valence-corrected chi connectivity index (χ0v) is 12.8. The Morgan fingerprint density at radius 2 is 2.15 bits per heavy atom. The van der Waals surface area contributed by atoms with Crippen LogP contribution in [0.25, 0.3) is 0 Å². The first-order valence-corrected chi connectivity index (χ1v) is 7.41. The van der Waals surface area contributed by atoms with Crippen LogP contribution >= 0.6 is 11.3 Å². The molecule has 0 amide bonds. The molecular formula is C15H19N3OS. The van der Waals surface area contributed by atoms with Gasteiger partial charge in [-0.15, -0.1) is 11.3 Å². The number of carbonyl (C=O) groups excluding carboxylic acids is 1. The predicted octanol–water partition coefficient (Wildman–Crippen LogP) is 2.72. The molecule has 0 aliphatic carbocycles. The van der Waals surface area contributed by atoms with Gasteiger partial charge in [-0.25, -0.2) is 4.98 Å². The van der Waals surface area contributed by atoms with Gasteiger partial charge in [0, 0.05) is 29.1 Å². The molecule has 106 valence electrons. The maximum atomic E-state index is 12.2. The van der Waals surface area contributed by atoms with Crippen molar-refractivity contribution in [2.75, 3.05) is 0 Å². The fourth-order valence-corrected chi connectivity index (χ4v) is 2.76. The Hall–Kier alpha value is -1.59. The van der Waals surface area contributed by atoms with Crippen LogP contribution in [0.1, 0.15) is 47.5 Å². The van der Waals surface area contributed by atoms with Crippen LogP contribution in [0.15, 0.2) is 23.7 Å². The van der Waals surface area contributed by atoms with Crippen molar-refractivity contribution in [1.29, 1.82) is 0 Å². The van der Waals surface area contributed by atoms with Gasteiger partial charge in [0.25, 0.3) is 0 Å². The zero-order valence-electron chi connectivity index (χ0n) is 12.0. The van der Waals surface area contributed by atoms with Gasteiger partial charge in [-0.1, -0.05) is 20.8 Å². The molecule has 0 bridgehead atoms. The highest BCUT2D eigenvalue weighted by molar-refractivity contribution is 7.09. The van der Waals surface area contributed by atoms with Crippen molar-refractivity contribution in [3.8, 4) is 0 Å². The van der Waals surface area contributed by atoms with Crippen LogP contribution in [0.2, 0.25) is 0 Å². The third-order valence-corrected chi connectivity index (χ3v) is 3.83. The molecule has 0 saturated heterocycles. The molecule has 0 unspecified atom stereocenters. The van der Waals surface area contributed by atoms with Gasteiger partial charge >= 0.3 is 0 Å². The Morgan fingerprint density at radius 3 is 2.75 bits per heavy atom. The summed E-state index contributed by atoms with van der Waals surface area (Å²) < 4.78 is 0. The first kappa shape index (κ1) is 14.8. The number of rotatable bonds is 4. The molecule has 2 heterocycles. The van der Waals surface area contributed by atoms with Crippen molar-refractivity contribution in [3.05, 3.63) is 45.7 Å². The van der Waals surface area contributed by atoms with Gasteiger partial charge in [-0.2, -0.15) is 0 Å². The zero-order chi connectivity index (χ0) is 14.8. The summed E-state index contributed by atoms with van der Waals surface area (Å²) >= 11 is 1.54. The van der Waals surface area contributed by atoms with Crippen LogP contribution in [0.5, 0.6) is 0 Å². The summed E-state index contributed by atoms with van der Waals surface area (Å²) in [5.74, 6) is 0.0527. The summed E-state index contributed by atoms with van der Waals surface area (Å²) in [5, 5.41) is 2.88. The largest absolute Gasteiger partial charge is 0.325 e. The van der Waals surface area contributed by atoms with E-state index in [-0.39, 0.29) is 11.2 Å². The van der Waals surface area contributed by atoms with Gasteiger partial charge in [-0.3, -0.25) is 9.78 Å². The summed E-state index contributed by atoms with van der Waals surface area (Å²) in [6.45, 7) is 6.69. The van der Waals surface area contributed by atoms with Crippen molar-refractivity contribution in [2.45, 2.75) is 39.2 Å². The van der Waals surface area contributed by atoms with E-state index < -0.39 is 0 Å². The van der Waals surface area contributed by atoms with Gasteiger partial charge in [0.05, 0.1) is 17.8 Å². The average molecular weight is 289 g/mol. The molecule has 2 N–H and O–H groups in total. The van der Waals surface area contributed by atoms with E-state index in [9.17, 15) is 4.79 Å².